The van der Waals surface area contributed by atoms with Gasteiger partial charge in [-0.05, 0) is 63.9 Å². The highest BCUT2D eigenvalue weighted by Crippen LogP contribution is 2.14. The topological polar surface area (TPSA) is 196 Å². The lowest BCUT2D eigenvalue weighted by molar-refractivity contribution is -0.123. The maximum absolute atomic E-state index is 12.3. The summed E-state index contributed by atoms with van der Waals surface area (Å²) in [5, 5.41) is 8.29. The Kier molecular flexibility index (Phi) is 11.2. The van der Waals surface area contributed by atoms with Crippen LogP contribution in [-0.4, -0.2) is 61.0 Å². The second kappa shape index (κ2) is 14.4. The number of amides is 2. The van der Waals surface area contributed by atoms with Gasteiger partial charge in [-0.25, -0.2) is 9.97 Å². The largest absolute Gasteiger partial charge is 0.484 e. The van der Waals surface area contributed by atoms with Gasteiger partial charge < -0.3 is 32.6 Å². The van der Waals surface area contributed by atoms with E-state index in [4.69, 9.17) is 21.9 Å². The molecule has 0 saturated carbocycles. The lowest BCUT2D eigenvalue weighted by atomic mass is 10.1. The van der Waals surface area contributed by atoms with Gasteiger partial charge in [0.1, 0.15) is 11.6 Å². The fourth-order valence-corrected chi connectivity index (χ4v) is 3.01. The average Bonchev–Trinajstić information content (AvgIpc) is 2.83. The van der Waals surface area contributed by atoms with Crippen molar-refractivity contribution in [1.82, 2.24) is 25.9 Å². The first kappa shape index (κ1) is 27.3. The van der Waals surface area contributed by atoms with Crippen LogP contribution in [0.1, 0.15) is 41.0 Å². The molecule has 0 fully saturated rings. The number of rotatable bonds is 13. The van der Waals surface area contributed by atoms with Crippen molar-refractivity contribution < 1.29 is 14.3 Å². The molecule has 2 rings (SSSR count). The second-order valence-corrected chi connectivity index (χ2v) is 7.85. The van der Waals surface area contributed by atoms with E-state index in [1.54, 1.807) is 6.92 Å². The number of benzene rings is 1. The van der Waals surface area contributed by atoms with E-state index in [1.807, 2.05) is 31.3 Å². The van der Waals surface area contributed by atoms with E-state index in [9.17, 15) is 9.59 Å². The summed E-state index contributed by atoms with van der Waals surface area (Å²) in [5.74, 6) is 0.000951. The molecule has 1 heterocycles. The fourth-order valence-electron chi connectivity index (χ4n) is 3.01. The molecule has 9 N–H and O–H groups in total. The summed E-state index contributed by atoms with van der Waals surface area (Å²) in [6.07, 6.45) is 3.39. The highest BCUT2D eigenvalue weighted by atomic mass is 16.5. The number of aromatic nitrogens is 2. The van der Waals surface area contributed by atoms with Crippen molar-refractivity contribution in [2.75, 3.05) is 44.8 Å². The molecular formula is C23H35N9O3. The Labute approximate surface area is 205 Å². The standard InChI is InChI=1S/C23H35N9O3/c1-15-20(24)31-21(25)19(30-15)22(34)32-23(26)29-12-4-3-6-16-7-9-17(10-8-16)35-14-18(33)28-13-5-11-27-2/h7-10,27H,3-6,11-14H2,1-2H3,(H,28,33)(H4,24,25,31)(H3,26,29,32,34). The van der Waals surface area contributed by atoms with Gasteiger partial charge in [0.2, 0.25) is 0 Å². The Morgan fingerprint density at radius 3 is 2.49 bits per heavy atom. The lowest BCUT2D eigenvalue weighted by Crippen LogP contribution is -2.38. The number of nitrogens with zero attached hydrogens (tertiary/aromatic N) is 3. The van der Waals surface area contributed by atoms with Gasteiger partial charge in [-0.2, -0.15) is 0 Å². The van der Waals surface area contributed by atoms with Gasteiger partial charge in [-0.1, -0.05) is 12.1 Å². The van der Waals surface area contributed by atoms with E-state index in [1.165, 1.54) is 0 Å². The summed E-state index contributed by atoms with van der Waals surface area (Å²) in [5.41, 5.74) is 18.6. The van der Waals surface area contributed by atoms with E-state index in [2.05, 4.69) is 30.9 Å². The van der Waals surface area contributed by atoms with Crippen LogP contribution < -0.4 is 37.9 Å². The number of carbonyl (C=O) groups is 2. The third kappa shape index (κ3) is 9.84. The molecule has 0 atom stereocenters. The Morgan fingerprint density at radius 2 is 1.77 bits per heavy atom. The van der Waals surface area contributed by atoms with Crippen molar-refractivity contribution in [2.24, 2.45) is 10.7 Å². The Hall–Kier alpha value is -3.93. The number of guanidine groups is 1. The molecule has 35 heavy (non-hydrogen) atoms. The zero-order valence-corrected chi connectivity index (χ0v) is 20.3. The molecule has 0 spiro atoms. The number of aliphatic imine (C=N–C) groups is 1. The van der Waals surface area contributed by atoms with Crippen LogP contribution in [-0.2, 0) is 11.2 Å². The van der Waals surface area contributed by atoms with Gasteiger partial charge in [0.25, 0.3) is 11.8 Å². The lowest BCUT2D eigenvalue weighted by Gasteiger charge is -2.08. The third-order valence-corrected chi connectivity index (χ3v) is 4.97. The Morgan fingerprint density at radius 1 is 1.03 bits per heavy atom. The molecule has 0 saturated heterocycles. The van der Waals surface area contributed by atoms with E-state index in [0.29, 0.717) is 24.5 Å². The van der Waals surface area contributed by atoms with Crippen molar-refractivity contribution in [1.29, 1.82) is 0 Å². The average molecular weight is 486 g/mol. The van der Waals surface area contributed by atoms with Gasteiger partial charge in [0.05, 0.1) is 5.69 Å². The molecule has 1 aromatic carbocycles. The molecule has 0 aliphatic carbocycles. The number of ether oxygens (including phenoxy) is 1. The van der Waals surface area contributed by atoms with Crippen LogP contribution in [0.25, 0.3) is 0 Å². The number of unbranched alkanes of at least 4 members (excludes halogenated alkanes) is 1. The van der Waals surface area contributed by atoms with Crippen LogP contribution >= 0.6 is 0 Å². The smallest absolute Gasteiger partial charge is 0.280 e. The first-order valence-electron chi connectivity index (χ1n) is 11.4. The minimum atomic E-state index is -0.590. The van der Waals surface area contributed by atoms with Crippen LogP contribution in [0.15, 0.2) is 29.3 Å². The minimum Gasteiger partial charge on any atom is -0.484 e. The van der Waals surface area contributed by atoms with Crippen molar-refractivity contribution in [3.63, 3.8) is 0 Å². The minimum absolute atomic E-state index is 0.00797. The molecule has 190 valence electrons. The summed E-state index contributed by atoms with van der Waals surface area (Å²) in [4.78, 5) is 36.1. The summed E-state index contributed by atoms with van der Waals surface area (Å²) in [6, 6.07) is 7.64. The fraction of sp³-hybridized carbons (Fsp3) is 0.435. The summed E-state index contributed by atoms with van der Waals surface area (Å²) >= 11 is 0. The maximum Gasteiger partial charge on any atom is 0.280 e. The Balaban J connectivity index is 1.66. The van der Waals surface area contributed by atoms with E-state index in [-0.39, 0.29) is 35.8 Å². The monoisotopic (exact) mass is 485 g/mol. The number of anilines is 2. The molecule has 12 heteroatoms. The third-order valence-electron chi connectivity index (χ3n) is 4.97. The van der Waals surface area contributed by atoms with Gasteiger partial charge in [-0.3, -0.25) is 19.9 Å². The molecule has 0 unspecified atom stereocenters. The predicted octanol–water partition coefficient (Wildman–Crippen LogP) is 0.121. The molecular weight excluding hydrogens is 450 g/mol. The highest BCUT2D eigenvalue weighted by molar-refractivity contribution is 6.06. The van der Waals surface area contributed by atoms with Crippen molar-refractivity contribution >= 4 is 29.4 Å². The number of carbonyl (C=O) groups excluding carboxylic acids is 2. The van der Waals surface area contributed by atoms with E-state index in [0.717, 1.165) is 37.8 Å². The SMILES string of the molecule is CNCCCNC(=O)COc1ccc(CCCCN=C(N)NC(=O)c2nc(C)c(N)nc2N)cc1. The molecule has 2 aromatic rings. The number of hydrogen-bond donors (Lipinski definition) is 6. The van der Waals surface area contributed by atoms with Gasteiger partial charge in [-0.15, -0.1) is 0 Å². The van der Waals surface area contributed by atoms with Gasteiger partial charge >= 0.3 is 0 Å². The quantitative estimate of drug-likeness (QED) is 0.130. The van der Waals surface area contributed by atoms with Crippen molar-refractivity contribution in [3.05, 3.63) is 41.2 Å². The van der Waals surface area contributed by atoms with Gasteiger partial charge in [0.15, 0.2) is 24.1 Å². The molecule has 0 aliphatic heterocycles. The van der Waals surface area contributed by atoms with E-state index >= 15 is 0 Å². The normalized spacial score (nSPS) is 11.2. The summed E-state index contributed by atoms with van der Waals surface area (Å²) in [7, 11) is 1.87. The van der Waals surface area contributed by atoms with Crippen molar-refractivity contribution in [2.45, 2.75) is 32.6 Å². The van der Waals surface area contributed by atoms with Crippen LogP contribution in [0, 0.1) is 6.92 Å². The summed E-state index contributed by atoms with van der Waals surface area (Å²) in [6.45, 7) is 3.55. The number of nitrogens with one attached hydrogen (secondary N) is 3. The maximum atomic E-state index is 12.3. The molecule has 0 radical (unpaired) electrons. The number of nitrogens with two attached hydrogens (primary N) is 3. The highest BCUT2D eigenvalue weighted by Gasteiger charge is 2.15. The predicted molar refractivity (Wildman–Crippen MR) is 136 cm³/mol. The van der Waals surface area contributed by atoms with E-state index < -0.39 is 5.91 Å². The molecule has 12 nitrogen and oxygen atoms in total. The second-order valence-electron chi connectivity index (χ2n) is 7.85. The van der Waals surface area contributed by atoms with Crippen LogP contribution in [0.2, 0.25) is 0 Å². The summed E-state index contributed by atoms with van der Waals surface area (Å²) < 4.78 is 5.52. The van der Waals surface area contributed by atoms with Gasteiger partial charge in [0, 0.05) is 13.1 Å². The first-order valence-corrected chi connectivity index (χ1v) is 11.4. The molecule has 1 aromatic heterocycles. The molecule has 0 bridgehead atoms. The van der Waals surface area contributed by atoms with Crippen LogP contribution in [0.5, 0.6) is 5.75 Å². The zero-order chi connectivity index (χ0) is 25.6. The van der Waals surface area contributed by atoms with Crippen LogP contribution in [0.3, 0.4) is 0 Å². The first-order chi connectivity index (χ1) is 16.8. The molecule has 2 amide bonds. The number of nitrogen functional groups attached to an aromatic ring is 2. The Bertz CT molecular complexity index is 1010. The number of aryl methyl sites for hydroxylation is 2. The molecule has 0 aliphatic rings. The van der Waals surface area contributed by atoms with Crippen molar-refractivity contribution in [3.8, 4) is 5.75 Å². The van der Waals surface area contributed by atoms with Crippen LogP contribution in [0.4, 0.5) is 11.6 Å². The zero-order valence-electron chi connectivity index (χ0n) is 20.3. The number of hydrogen-bond acceptors (Lipinski definition) is 9.